The monoisotopic (exact) mass is 450 g/mol. The zero-order valence-electron chi connectivity index (χ0n) is 16.1. The molecule has 0 atom stereocenters. The van der Waals surface area contributed by atoms with Crippen LogP contribution in [0.25, 0.3) is 6.08 Å². The third-order valence-corrected chi connectivity index (χ3v) is 5.26. The molecule has 1 heterocycles. The molecule has 3 aromatic carbocycles. The third-order valence-electron chi connectivity index (χ3n) is 4.73. The van der Waals surface area contributed by atoms with Crippen LogP contribution in [-0.2, 0) is 6.61 Å². The van der Waals surface area contributed by atoms with E-state index in [-0.39, 0.29) is 5.78 Å². The van der Waals surface area contributed by atoms with Crippen molar-refractivity contribution in [3.8, 4) is 17.2 Å². The smallest absolute Gasteiger partial charge is 0.231 e. The molecule has 4 rings (SSSR count). The van der Waals surface area contributed by atoms with E-state index in [1.165, 1.54) is 0 Å². The molecule has 0 saturated heterocycles. The average molecular weight is 451 g/mol. The zero-order valence-corrected chi connectivity index (χ0v) is 17.7. The number of carbonyl (C=O) groups excluding carboxylic acids is 1. The second kappa shape index (κ2) is 8.13. The minimum Gasteiger partial charge on any atom is -0.497 e. The van der Waals surface area contributed by atoms with Crippen molar-refractivity contribution in [3.63, 3.8) is 0 Å². The molecule has 4 nitrogen and oxygen atoms in total. The van der Waals surface area contributed by atoms with Gasteiger partial charge in [0.2, 0.25) is 5.78 Å². The number of ketones is 1. The molecule has 1 aliphatic heterocycles. The SMILES string of the molecule is COc1cccc(COc2ccc3c(c2C)O/C(=C\c2ccc(Br)cc2)C3=O)c1. The first-order valence-electron chi connectivity index (χ1n) is 9.14. The van der Waals surface area contributed by atoms with Crippen molar-refractivity contribution in [2.75, 3.05) is 7.11 Å². The minimum atomic E-state index is -0.120. The number of fused-ring (bicyclic) bond motifs is 1. The Morgan fingerprint density at radius 3 is 2.62 bits per heavy atom. The Morgan fingerprint density at radius 1 is 1.07 bits per heavy atom. The van der Waals surface area contributed by atoms with Gasteiger partial charge in [-0.15, -0.1) is 0 Å². The molecule has 0 bridgehead atoms. The minimum absolute atomic E-state index is 0.120. The lowest BCUT2D eigenvalue weighted by atomic mass is 10.1. The molecular formula is C24H19BrO4. The number of halogens is 1. The van der Waals surface area contributed by atoms with E-state index in [1.54, 1.807) is 19.3 Å². The van der Waals surface area contributed by atoms with Crippen LogP contribution in [0, 0.1) is 6.92 Å². The van der Waals surface area contributed by atoms with E-state index in [4.69, 9.17) is 14.2 Å². The summed E-state index contributed by atoms with van der Waals surface area (Å²) in [6.45, 7) is 2.29. The van der Waals surface area contributed by atoms with E-state index >= 15 is 0 Å². The van der Waals surface area contributed by atoms with Gasteiger partial charge in [0, 0.05) is 10.0 Å². The Morgan fingerprint density at radius 2 is 1.86 bits per heavy atom. The van der Waals surface area contributed by atoms with E-state index in [0.29, 0.717) is 29.4 Å². The number of carbonyl (C=O) groups is 1. The van der Waals surface area contributed by atoms with E-state index in [9.17, 15) is 4.79 Å². The molecule has 0 saturated carbocycles. The molecule has 0 N–H and O–H groups in total. The lowest BCUT2D eigenvalue weighted by molar-refractivity contribution is 0.101. The predicted molar refractivity (Wildman–Crippen MR) is 116 cm³/mol. The maximum atomic E-state index is 12.7. The molecule has 1 aliphatic rings. The molecule has 0 aliphatic carbocycles. The molecule has 5 heteroatoms. The standard InChI is InChI=1S/C24H19BrO4/c1-15-21(28-14-17-4-3-5-19(12-17)27-2)11-10-20-23(26)22(29-24(15)20)13-16-6-8-18(25)9-7-16/h3-13H,14H2,1-2H3/b22-13-. The van der Waals surface area contributed by atoms with Gasteiger partial charge in [-0.1, -0.05) is 40.2 Å². The number of hydrogen-bond acceptors (Lipinski definition) is 4. The van der Waals surface area contributed by atoms with Crippen LogP contribution in [0.1, 0.15) is 27.0 Å². The van der Waals surface area contributed by atoms with Crippen LogP contribution in [0.3, 0.4) is 0 Å². The maximum Gasteiger partial charge on any atom is 0.231 e. The number of allylic oxidation sites excluding steroid dienone is 1. The molecule has 0 fully saturated rings. The van der Waals surface area contributed by atoms with Crippen molar-refractivity contribution >= 4 is 27.8 Å². The van der Waals surface area contributed by atoms with Crippen LogP contribution in [0.5, 0.6) is 17.2 Å². The fourth-order valence-corrected chi connectivity index (χ4v) is 3.42. The van der Waals surface area contributed by atoms with E-state index in [0.717, 1.165) is 26.9 Å². The van der Waals surface area contributed by atoms with E-state index in [1.807, 2.05) is 61.5 Å². The average Bonchev–Trinajstić information content (AvgIpc) is 3.06. The van der Waals surface area contributed by atoms with Gasteiger partial charge in [-0.05, 0) is 60.5 Å². The van der Waals surface area contributed by atoms with Crippen molar-refractivity contribution in [3.05, 3.63) is 93.1 Å². The van der Waals surface area contributed by atoms with Gasteiger partial charge in [-0.2, -0.15) is 0 Å². The first-order chi connectivity index (χ1) is 14.0. The van der Waals surface area contributed by atoms with E-state index in [2.05, 4.69) is 15.9 Å². The fourth-order valence-electron chi connectivity index (χ4n) is 3.16. The summed E-state index contributed by atoms with van der Waals surface area (Å²) in [4.78, 5) is 12.7. The molecule has 146 valence electrons. The Labute approximate surface area is 177 Å². The predicted octanol–water partition coefficient (Wildman–Crippen LogP) is 5.96. The summed E-state index contributed by atoms with van der Waals surface area (Å²) in [6.07, 6.45) is 1.75. The lowest BCUT2D eigenvalue weighted by Crippen LogP contribution is -1.99. The molecule has 0 spiro atoms. The van der Waals surface area contributed by atoms with Crippen molar-refractivity contribution in [2.24, 2.45) is 0 Å². The summed E-state index contributed by atoms with van der Waals surface area (Å²) in [5.74, 6) is 2.22. The van der Waals surface area contributed by atoms with Crippen molar-refractivity contribution in [2.45, 2.75) is 13.5 Å². The van der Waals surface area contributed by atoms with Crippen LogP contribution in [0.2, 0.25) is 0 Å². The first kappa shape index (κ1) is 19.3. The highest BCUT2D eigenvalue weighted by atomic mass is 79.9. The quantitative estimate of drug-likeness (QED) is 0.449. The highest BCUT2D eigenvalue weighted by Crippen LogP contribution is 2.39. The van der Waals surface area contributed by atoms with Gasteiger partial charge in [-0.25, -0.2) is 0 Å². The van der Waals surface area contributed by atoms with Crippen LogP contribution in [-0.4, -0.2) is 12.9 Å². The van der Waals surface area contributed by atoms with Crippen molar-refractivity contribution < 1.29 is 19.0 Å². The normalized spacial score (nSPS) is 13.9. The number of methoxy groups -OCH3 is 1. The van der Waals surface area contributed by atoms with Gasteiger partial charge >= 0.3 is 0 Å². The first-order valence-corrected chi connectivity index (χ1v) is 9.93. The van der Waals surface area contributed by atoms with Crippen LogP contribution < -0.4 is 14.2 Å². The summed E-state index contributed by atoms with van der Waals surface area (Å²) in [5, 5.41) is 0. The number of Topliss-reactive ketones (excluding diaryl/α,β-unsaturated/α-hetero) is 1. The summed E-state index contributed by atoms with van der Waals surface area (Å²) in [5.41, 5.74) is 3.26. The third kappa shape index (κ3) is 4.05. The summed E-state index contributed by atoms with van der Waals surface area (Å²) in [6, 6.07) is 19.0. The lowest BCUT2D eigenvalue weighted by Gasteiger charge is -2.12. The highest BCUT2D eigenvalue weighted by Gasteiger charge is 2.30. The Bertz CT molecular complexity index is 1100. The van der Waals surface area contributed by atoms with Gasteiger partial charge in [0.1, 0.15) is 23.9 Å². The number of hydrogen-bond donors (Lipinski definition) is 0. The van der Waals surface area contributed by atoms with Crippen LogP contribution in [0.15, 0.2) is 70.9 Å². The van der Waals surface area contributed by atoms with E-state index < -0.39 is 0 Å². The summed E-state index contributed by atoms with van der Waals surface area (Å²) < 4.78 is 18.1. The van der Waals surface area contributed by atoms with Gasteiger partial charge in [0.05, 0.1) is 12.7 Å². The fraction of sp³-hybridized carbons (Fsp3) is 0.125. The van der Waals surface area contributed by atoms with Gasteiger partial charge in [-0.3, -0.25) is 4.79 Å². The summed E-state index contributed by atoms with van der Waals surface area (Å²) in [7, 11) is 1.64. The molecule has 29 heavy (non-hydrogen) atoms. The molecule has 0 radical (unpaired) electrons. The second-order valence-electron chi connectivity index (χ2n) is 6.70. The zero-order chi connectivity index (χ0) is 20.4. The highest BCUT2D eigenvalue weighted by molar-refractivity contribution is 9.10. The largest absolute Gasteiger partial charge is 0.497 e. The van der Waals surface area contributed by atoms with Gasteiger partial charge < -0.3 is 14.2 Å². The van der Waals surface area contributed by atoms with Crippen molar-refractivity contribution in [1.82, 2.24) is 0 Å². The van der Waals surface area contributed by atoms with Gasteiger partial charge in [0.25, 0.3) is 0 Å². The molecular weight excluding hydrogens is 432 g/mol. The number of benzene rings is 3. The second-order valence-corrected chi connectivity index (χ2v) is 7.61. The van der Waals surface area contributed by atoms with Crippen LogP contribution in [0.4, 0.5) is 0 Å². The van der Waals surface area contributed by atoms with Crippen molar-refractivity contribution in [1.29, 1.82) is 0 Å². The molecule has 0 aromatic heterocycles. The number of ether oxygens (including phenoxy) is 3. The molecule has 0 amide bonds. The molecule has 0 unspecified atom stereocenters. The summed E-state index contributed by atoms with van der Waals surface area (Å²) >= 11 is 3.41. The Kier molecular flexibility index (Phi) is 5.41. The molecule has 3 aromatic rings. The Hall–Kier alpha value is -3.05. The topological polar surface area (TPSA) is 44.8 Å². The maximum absolute atomic E-state index is 12.7. The van der Waals surface area contributed by atoms with Crippen LogP contribution >= 0.6 is 15.9 Å². The van der Waals surface area contributed by atoms with Gasteiger partial charge in [0.15, 0.2) is 5.76 Å². The number of rotatable bonds is 5. The Balaban J connectivity index is 1.55.